The van der Waals surface area contributed by atoms with E-state index in [-0.39, 0.29) is 5.56 Å². The number of hydrogen-bond donors (Lipinski definition) is 1. The highest BCUT2D eigenvalue weighted by Gasteiger charge is 2.20. The number of rotatable bonds is 5. The SMILES string of the molecule is O=C(O)c1cccc2nc(OCCC3CC3)ccc12. The van der Waals surface area contributed by atoms with Gasteiger partial charge in [0.25, 0.3) is 0 Å². The Bertz CT molecular complexity index is 620. The monoisotopic (exact) mass is 257 g/mol. The average Bonchev–Trinajstić information content (AvgIpc) is 3.22. The van der Waals surface area contributed by atoms with Gasteiger partial charge in [-0.15, -0.1) is 0 Å². The Hall–Kier alpha value is -2.10. The van der Waals surface area contributed by atoms with Crippen LogP contribution in [0.3, 0.4) is 0 Å². The molecule has 1 fully saturated rings. The van der Waals surface area contributed by atoms with E-state index >= 15 is 0 Å². The van der Waals surface area contributed by atoms with Gasteiger partial charge in [-0.05, 0) is 30.5 Å². The summed E-state index contributed by atoms with van der Waals surface area (Å²) in [7, 11) is 0. The molecule has 4 heteroatoms. The zero-order valence-electron chi connectivity index (χ0n) is 10.5. The van der Waals surface area contributed by atoms with Gasteiger partial charge in [0, 0.05) is 11.5 Å². The highest BCUT2D eigenvalue weighted by atomic mass is 16.5. The fourth-order valence-electron chi connectivity index (χ4n) is 2.14. The molecule has 1 aromatic heterocycles. The van der Waals surface area contributed by atoms with Crippen LogP contribution >= 0.6 is 0 Å². The molecular formula is C15H15NO3. The van der Waals surface area contributed by atoms with Gasteiger partial charge in [0.05, 0.1) is 17.7 Å². The van der Waals surface area contributed by atoms with E-state index in [1.54, 1.807) is 30.3 Å². The second-order valence-electron chi connectivity index (χ2n) is 4.91. The van der Waals surface area contributed by atoms with Crippen molar-refractivity contribution in [2.45, 2.75) is 19.3 Å². The van der Waals surface area contributed by atoms with Crippen LogP contribution in [0, 0.1) is 5.92 Å². The van der Waals surface area contributed by atoms with Gasteiger partial charge in [0.2, 0.25) is 5.88 Å². The molecule has 4 nitrogen and oxygen atoms in total. The number of aromatic nitrogens is 1. The first-order valence-corrected chi connectivity index (χ1v) is 6.50. The van der Waals surface area contributed by atoms with E-state index in [2.05, 4.69) is 4.98 Å². The molecule has 1 saturated carbocycles. The van der Waals surface area contributed by atoms with E-state index in [0.717, 1.165) is 12.3 Å². The molecular weight excluding hydrogens is 242 g/mol. The fourth-order valence-corrected chi connectivity index (χ4v) is 2.14. The van der Waals surface area contributed by atoms with Crippen molar-refractivity contribution in [3.05, 3.63) is 35.9 Å². The molecule has 0 saturated heterocycles. The minimum absolute atomic E-state index is 0.273. The van der Waals surface area contributed by atoms with Gasteiger partial charge in [-0.3, -0.25) is 0 Å². The molecule has 1 heterocycles. The molecule has 0 radical (unpaired) electrons. The van der Waals surface area contributed by atoms with E-state index in [0.29, 0.717) is 23.4 Å². The zero-order chi connectivity index (χ0) is 13.2. The first-order valence-electron chi connectivity index (χ1n) is 6.50. The van der Waals surface area contributed by atoms with Gasteiger partial charge in [-0.1, -0.05) is 18.9 Å². The van der Waals surface area contributed by atoms with E-state index in [9.17, 15) is 4.79 Å². The molecule has 0 bridgehead atoms. The Morgan fingerprint density at radius 3 is 2.89 bits per heavy atom. The first kappa shape index (κ1) is 12.0. The molecule has 1 aromatic carbocycles. The van der Waals surface area contributed by atoms with Crippen LogP contribution in [-0.4, -0.2) is 22.7 Å². The normalized spacial score (nSPS) is 14.5. The maximum Gasteiger partial charge on any atom is 0.336 e. The van der Waals surface area contributed by atoms with Gasteiger partial charge in [-0.25, -0.2) is 9.78 Å². The first-order chi connectivity index (χ1) is 9.24. The Morgan fingerprint density at radius 1 is 1.32 bits per heavy atom. The summed E-state index contributed by atoms with van der Waals surface area (Å²) in [5.41, 5.74) is 0.929. The Labute approximate surface area is 111 Å². The van der Waals surface area contributed by atoms with Crippen molar-refractivity contribution in [2.24, 2.45) is 5.92 Å². The van der Waals surface area contributed by atoms with Crippen LogP contribution in [0.15, 0.2) is 30.3 Å². The van der Waals surface area contributed by atoms with Crippen LogP contribution in [0.4, 0.5) is 0 Å². The van der Waals surface area contributed by atoms with Crippen LogP contribution in [0.5, 0.6) is 5.88 Å². The smallest absolute Gasteiger partial charge is 0.336 e. The van der Waals surface area contributed by atoms with Crippen LogP contribution in [-0.2, 0) is 0 Å². The maximum atomic E-state index is 11.1. The van der Waals surface area contributed by atoms with Crippen molar-refractivity contribution in [2.75, 3.05) is 6.61 Å². The number of aromatic carboxylic acids is 1. The second kappa shape index (κ2) is 4.88. The van der Waals surface area contributed by atoms with Crippen LogP contribution in [0.1, 0.15) is 29.6 Å². The summed E-state index contributed by atoms with van der Waals surface area (Å²) < 4.78 is 5.61. The number of ether oxygens (including phenoxy) is 1. The van der Waals surface area contributed by atoms with Crippen molar-refractivity contribution in [1.29, 1.82) is 0 Å². The molecule has 1 N–H and O–H groups in total. The third-order valence-electron chi connectivity index (χ3n) is 3.41. The van der Waals surface area contributed by atoms with Crippen LogP contribution in [0.25, 0.3) is 10.9 Å². The summed E-state index contributed by atoms with van der Waals surface area (Å²) in [6.07, 6.45) is 3.71. The summed E-state index contributed by atoms with van der Waals surface area (Å²) in [5, 5.41) is 9.75. The molecule has 0 amide bonds. The van der Waals surface area contributed by atoms with Crippen molar-refractivity contribution >= 4 is 16.9 Å². The van der Waals surface area contributed by atoms with E-state index in [1.165, 1.54) is 12.8 Å². The van der Waals surface area contributed by atoms with Crippen molar-refractivity contribution in [1.82, 2.24) is 4.98 Å². The number of benzene rings is 1. The molecule has 1 aliphatic carbocycles. The third kappa shape index (κ3) is 2.67. The molecule has 19 heavy (non-hydrogen) atoms. The predicted octanol–water partition coefficient (Wildman–Crippen LogP) is 3.11. The summed E-state index contributed by atoms with van der Waals surface area (Å²) in [5.74, 6) is 0.463. The average molecular weight is 257 g/mol. The Balaban J connectivity index is 1.81. The maximum absolute atomic E-state index is 11.1. The Morgan fingerprint density at radius 2 is 2.16 bits per heavy atom. The van der Waals surface area contributed by atoms with Crippen molar-refractivity contribution in [3.8, 4) is 5.88 Å². The largest absolute Gasteiger partial charge is 0.478 e. The number of pyridine rings is 1. The van der Waals surface area contributed by atoms with E-state index < -0.39 is 5.97 Å². The standard InChI is InChI=1S/C15H15NO3/c17-15(18)12-2-1-3-13-11(12)6-7-14(16-13)19-9-8-10-4-5-10/h1-3,6-7,10H,4-5,8-9H2,(H,17,18). The number of carboxylic acid groups (broad SMARTS) is 1. The van der Waals surface area contributed by atoms with Gasteiger partial charge < -0.3 is 9.84 Å². The summed E-state index contributed by atoms with van der Waals surface area (Å²) >= 11 is 0. The van der Waals surface area contributed by atoms with Crippen molar-refractivity contribution < 1.29 is 14.6 Å². The molecule has 1 aliphatic rings. The molecule has 0 unspecified atom stereocenters. The van der Waals surface area contributed by atoms with Crippen LogP contribution in [0.2, 0.25) is 0 Å². The van der Waals surface area contributed by atoms with Gasteiger partial charge in [-0.2, -0.15) is 0 Å². The van der Waals surface area contributed by atoms with Crippen molar-refractivity contribution in [3.63, 3.8) is 0 Å². The zero-order valence-corrected chi connectivity index (χ0v) is 10.5. The van der Waals surface area contributed by atoms with Gasteiger partial charge >= 0.3 is 5.97 Å². The summed E-state index contributed by atoms with van der Waals surface area (Å²) in [4.78, 5) is 15.4. The number of nitrogens with zero attached hydrogens (tertiary/aromatic N) is 1. The lowest BCUT2D eigenvalue weighted by Gasteiger charge is -2.07. The topological polar surface area (TPSA) is 59.4 Å². The quantitative estimate of drug-likeness (QED) is 0.894. The summed E-state index contributed by atoms with van der Waals surface area (Å²) in [6, 6.07) is 8.59. The molecule has 2 aromatic rings. The molecule has 0 atom stereocenters. The minimum Gasteiger partial charge on any atom is -0.478 e. The fraction of sp³-hybridized carbons (Fsp3) is 0.333. The highest BCUT2D eigenvalue weighted by Crippen LogP contribution is 2.32. The molecule has 3 rings (SSSR count). The van der Waals surface area contributed by atoms with Crippen LogP contribution < -0.4 is 4.74 Å². The highest BCUT2D eigenvalue weighted by molar-refractivity contribution is 6.02. The predicted molar refractivity (Wildman–Crippen MR) is 71.5 cm³/mol. The lowest BCUT2D eigenvalue weighted by Crippen LogP contribution is -2.01. The Kier molecular flexibility index (Phi) is 3.07. The number of hydrogen-bond acceptors (Lipinski definition) is 3. The number of carbonyl (C=O) groups is 1. The van der Waals surface area contributed by atoms with Gasteiger partial charge in [0.1, 0.15) is 0 Å². The van der Waals surface area contributed by atoms with Gasteiger partial charge in [0.15, 0.2) is 0 Å². The lowest BCUT2D eigenvalue weighted by molar-refractivity contribution is 0.0699. The number of fused-ring (bicyclic) bond motifs is 1. The lowest BCUT2D eigenvalue weighted by atomic mass is 10.1. The number of carboxylic acids is 1. The van der Waals surface area contributed by atoms with E-state index in [4.69, 9.17) is 9.84 Å². The molecule has 0 aliphatic heterocycles. The summed E-state index contributed by atoms with van der Waals surface area (Å²) in [6.45, 7) is 0.682. The third-order valence-corrected chi connectivity index (χ3v) is 3.41. The molecule has 98 valence electrons. The van der Waals surface area contributed by atoms with E-state index in [1.807, 2.05) is 0 Å². The molecule has 0 spiro atoms. The minimum atomic E-state index is -0.935. The second-order valence-corrected chi connectivity index (χ2v) is 4.91.